The Balaban J connectivity index is 1.63. The zero-order valence-corrected chi connectivity index (χ0v) is 17.8. The van der Waals surface area contributed by atoms with Gasteiger partial charge in [-0.05, 0) is 49.2 Å². The predicted octanol–water partition coefficient (Wildman–Crippen LogP) is 4.96. The summed E-state index contributed by atoms with van der Waals surface area (Å²) in [5.74, 6) is 0.652. The number of nitrogens with zero attached hydrogens (tertiary/aromatic N) is 5. The second-order valence-electron chi connectivity index (χ2n) is 7.13. The Morgan fingerprint density at radius 3 is 2.60 bits per heavy atom. The predicted molar refractivity (Wildman–Crippen MR) is 120 cm³/mol. The Kier molecular flexibility index (Phi) is 5.34. The van der Waals surface area contributed by atoms with Crippen LogP contribution in [0, 0.1) is 25.2 Å². The van der Waals surface area contributed by atoms with Crippen molar-refractivity contribution in [3.63, 3.8) is 0 Å². The van der Waals surface area contributed by atoms with Gasteiger partial charge in [-0.25, -0.2) is 9.97 Å². The van der Waals surface area contributed by atoms with Gasteiger partial charge in [0.05, 0.1) is 16.8 Å². The Hall–Kier alpha value is -3.50. The number of aliphatic hydroxyl groups is 1. The molecule has 0 aliphatic heterocycles. The molecule has 0 atom stereocenters. The van der Waals surface area contributed by atoms with E-state index in [0.29, 0.717) is 5.82 Å². The van der Waals surface area contributed by atoms with Crippen LogP contribution in [0.2, 0.25) is 0 Å². The van der Waals surface area contributed by atoms with E-state index >= 15 is 0 Å². The van der Waals surface area contributed by atoms with Crippen LogP contribution in [0.25, 0.3) is 22.3 Å². The van der Waals surface area contributed by atoms with E-state index in [-0.39, 0.29) is 17.1 Å². The summed E-state index contributed by atoms with van der Waals surface area (Å²) in [6.07, 6.45) is 3.63. The normalized spacial score (nSPS) is 12.1. The highest BCUT2D eigenvalue weighted by molar-refractivity contribution is 7.99. The third kappa shape index (κ3) is 3.70. The van der Waals surface area contributed by atoms with Crippen LogP contribution < -0.4 is 0 Å². The Bertz CT molecular complexity index is 1290. The summed E-state index contributed by atoms with van der Waals surface area (Å²) < 4.78 is 3.81. The number of hydrogen-bond donors (Lipinski definition) is 1. The average Bonchev–Trinajstić information content (AvgIpc) is 3.32. The van der Waals surface area contributed by atoms with Gasteiger partial charge in [-0.15, -0.1) is 0 Å². The molecular weight excluding hydrogens is 394 g/mol. The number of nitriles is 1. The fourth-order valence-corrected chi connectivity index (χ4v) is 4.35. The van der Waals surface area contributed by atoms with Crippen molar-refractivity contribution in [1.82, 2.24) is 19.1 Å². The van der Waals surface area contributed by atoms with E-state index in [1.165, 1.54) is 22.9 Å². The zero-order valence-electron chi connectivity index (χ0n) is 17.0. The van der Waals surface area contributed by atoms with Gasteiger partial charge in [-0.3, -0.25) is 4.57 Å². The molecule has 30 heavy (non-hydrogen) atoms. The number of rotatable bonds is 5. The topological polar surface area (TPSA) is 79.7 Å². The summed E-state index contributed by atoms with van der Waals surface area (Å²) in [6.45, 7) is 4.12. The average molecular weight is 416 g/mol. The van der Waals surface area contributed by atoms with Gasteiger partial charge in [0.25, 0.3) is 0 Å². The van der Waals surface area contributed by atoms with Crippen molar-refractivity contribution < 1.29 is 5.11 Å². The number of allylic oxidation sites excluding steroid dienone is 1. The maximum absolute atomic E-state index is 10.7. The van der Waals surface area contributed by atoms with E-state index in [1.807, 2.05) is 46.6 Å². The van der Waals surface area contributed by atoms with Crippen LogP contribution in [-0.2, 0) is 7.05 Å². The SMILES string of the molecule is Cc1cc(C)cc(-n2ccnc2SC/C(O)=C(\C#N)c2nc3ccccc3n2C)c1. The molecule has 4 aromatic rings. The van der Waals surface area contributed by atoms with Gasteiger partial charge in [0.15, 0.2) is 11.0 Å². The fraction of sp³-hybridized carbons (Fsp3) is 0.174. The molecule has 1 N–H and O–H groups in total. The van der Waals surface area contributed by atoms with Gasteiger partial charge < -0.3 is 9.67 Å². The van der Waals surface area contributed by atoms with Crippen LogP contribution in [0.1, 0.15) is 17.0 Å². The van der Waals surface area contributed by atoms with Gasteiger partial charge in [0, 0.05) is 25.1 Å². The second kappa shape index (κ2) is 8.09. The van der Waals surface area contributed by atoms with Crippen molar-refractivity contribution in [1.29, 1.82) is 5.26 Å². The highest BCUT2D eigenvalue weighted by atomic mass is 32.2. The minimum absolute atomic E-state index is 0.0177. The number of thioether (sulfide) groups is 1. The molecule has 0 spiro atoms. The Morgan fingerprint density at radius 1 is 1.17 bits per heavy atom. The first-order valence-electron chi connectivity index (χ1n) is 9.47. The largest absolute Gasteiger partial charge is 0.510 e. The lowest BCUT2D eigenvalue weighted by Crippen LogP contribution is -2.02. The second-order valence-corrected chi connectivity index (χ2v) is 8.07. The molecule has 0 fully saturated rings. The number of hydrogen-bond acceptors (Lipinski definition) is 5. The minimum atomic E-state index is -0.0177. The molecule has 0 unspecified atom stereocenters. The van der Waals surface area contributed by atoms with Crippen LogP contribution in [0.3, 0.4) is 0 Å². The Morgan fingerprint density at radius 2 is 1.90 bits per heavy atom. The van der Waals surface area contributed by atoms with Crippen molar-refractivity contribution in [2.45, 2.75) is 19.0 Å². The van der Waals surface area contributed by atoms with Gasteiger partial charge in [-0.1, -0.05) is 30.0 Å². The number of aryl methyl sites for hydroxylation is 3. The van der Waals surface area contributed by atoms with Crippen LogP contribution in [0.15, 0.2) is 65.8 Å². The van der Waals surface area contributed by atoms with E-state index in [2.05, 4.69) is 48.1 Å². The summed E-state index contributed by atoms with van der Waals surface area (Å²) in [5, 5.41) is 21.1. The fourth-order valence-electron chi connectivity index (χ4n) is 3.50. The number of imidazole rings is 2. The summed E-state index contributed by atoms with van der Waals surface area (Å²) >= 11 is 1.38. The standard InChI is InChI=1S/C23H21N5OS/c1-15-10-16(2)12-17(11-15)28-9-8-25-23(28)30-14-21(29)18(13-24)22-26-19-6-4-5-7-20(19)27(22)3/h4-12,29H,14H2,1-3H3/b21-18-. The van der Waals surface area contributed by atoms with E-state index in [1.54, 1.807) is 6.20 Å². The van der Waals surface area contributed by atoms with Crippen LogP contribution >= 0.6 is 11.8 Å². The van der Waals surface area contributed by atoms with Crippen LogP contribution in [0.5, 0.6) is 0 Å². The molecule has 2 aromatic heterocycles. The van der Waals surface area contributed by atoms with E-state index in [0.717, 1.165) is 21.9 Å². The van der Waals surface area contributed by atoms with Crippen molar-refractivity contribution in [2.75, 3.05) is 5.75 Å². The third-order valence-corrected chi connectivity index (χ3v) is 5.82. The monoisotopic (exact) mass is 415 g/mol. The lowest BCUT2D eigenvalue weighted by atomic mass is 10.1. The number of fused-ring (bicyclic) bond motifs is 1. The summed E-state index contributed by atoms with van der Waals surface area (Å²) in [6, 6.07) is 16.1. The molecule has 0 saturated carbocycles. The first-order valence-corrected chi connectivity index (χ1v) is 10.5. The van der Waals surface area contributed by atoms with E-state index < -0.39 is 0 Å². The lowest BCUT2D eigenvalue weighted by Gasteiger charge is -2.10. The zero-order chi connectivity index (χ0) is 21.3. The molecule has 150 valence electrons. The van der Waals surface area contributed by atoms with Crippen molar-refractivity contribution >= 4 is 28.4 Å². The van der Waals surface area contributed by atoms with Crippen LogP contribution in [0.4, 0.5) is 0 Å². The molecule has 4 rings (SSSR count). The lowest BCUT2D eigenvalue weighted by molar-refractivity contribution is 0.420. The highest BCUT2D eigenvalue weighted by Crippen LogP contribution is 2.27. The molecule has 0 aliphatic carbocycles. The van der Waals surface area contributed by atoms with Gasteiger partial charge in [0.2, 0.25) is 0 Å². The molecule has 0 aliphatic rings. The number of para-hydroxylation sites is 2. The summed E-state index contributed by atoms with van der Waals surface area (Å²) in [4.78, 5) is 8.95. The maximum Gasteiger partial charge on any atom is 0.173 e. The molecule has 0 saturated heterocycles. The summed E-state index contributed by atoms with van der Waals surface area (Å²) in [7, 11) is 1.84. The Labute approximate surface area is 179 Å². The highest BCUT2D eigenvalue weighted by Gasteiger charge is 2.17. The van der Waals surface area contributed by atoms with Gasteiger partial charge in [-0.2, -0.15) is 5.26 Å². The molecule has 0 bridgehead atoms. The van der Waals surface area contributed by atoms with E-state index in [9.17, 15) is 10.4 Å². The first-order chi connectivity index (χ1) is 14.5. The molecule has 2 heterocycles. The molecule has 2 aromatic carbocycles. The molecule has 6 nitrogen and oxygen atoms in total. The maximum atomic E-state index is 10.7. The quantitative estimate of drug-likeness (QED) is 0.283. The van der Waals surface area contributed by atoms with Gasteiger partial charge in [0.1, 0.15) is 17.4 Å². The molecule has 7 heteroatoms. The van der Waals surface area contributed by atoms with Gasteiger partial charge >= 0.3 is 0 Å². The first kappa shape index (κ1) is 19.8. The minimum Gasteiger partial charge on any atom is -0.510 e. The number of aromatic nitrogens is 4. The van der Waals surface area contributed by atoms with Crippen molar-refractivity contribution in [3.8, 4) is 11.8 Å². The van der Waals surface area contributed by atoms with Crippen molar-refractivity contribution in [2.24, 2.45) is 7.05 Å². The van der Waals surface area contributed by atoms with Crippen molar-refractivity contribution in [3.05, 3.63) is 77.6 Å². The van der Waals surface area contributed by atoms with Crippen LogP contribution in [-0.4, -0.2) is 30.0 Å². The smallest absolute Gasteiger partial charge is 0.173 e. The number of aliphatic hydroxyl groups excluding tert-OH is 1. The molecule has 0 radical (unpaired) electrons. The molecular formula is C23H21N5OS. The number of benzene rings is 2. The molecule has 0 amide bonds. The summed E-state index contributed by atoms with van der Waals surface area (Å²) in [5.41, 5.74) is 5.23. The van der Waals surface area contributed by atoms with E-state index in [4.69, 9.17) is 0 Å². The third-order valence-electron chi connectivity index (χ3n) is 4.84.